The number of hydrogen-bond donors (Lipinski definition) is 1. The number of unbranched alkanes of at least 4 members (excludes halogenated alkanes) is 2. The molecule has 124 valence electrons. The van der Waals surface area contributed by atoms with E-state index in [1.165, 1.54) is 6.07 Å². The smallest absolute Gasteiger partial charge is 0.133 e. The Hall–Kier alpha value is -0.910. The Morgan fingerprint density at radius 3 is 2.43 bits per heavy atom. The molecule has 0 aliphatic heterocycles. The van der Waals surface area contributed by atoms with E-state index < -0.39 is 11.9 Å². The molecule has 0 fully saturated rings. The molecule has 1 unspecified atom stereocenters. The number of benzene rings is 2. The van der Waals surface area contributed by atoms with E-state index in [4.69, 9.17) is 4.74 Å². The van der Waals surface area contributed by atoms with Crippen LogP contribution in [0.1, 0.15) is 36.5 Å². The zero-order valence-corrected chi connectivity index (χ0v) is 15.8. The summed E-state index contributed by atoms with van der Waals surface area (Å²) in [4.78, 5) is 0. The van der Waals surface area contributed by atoms with E-state index in [1.807, 2.05) is 12.1 Å². The van der Waals surface area contributed by atoms with E-state index in [9.17, 15) is 9.50 Å². The van der Waals surface area contributed by atoms with E-state index in [0.717, 1.165) is 29.1 Å². The minimum absolute atomic E-state index is 0.249. The zero-order chi connectivity index (χ0) is 16.7. The summed E-state index contributed by atoms with van der Waals surface area (Å²) in [6.45, 7) is 0.570. The van der Waals surface area contributed by atoms with Gasteiger partial charge in [0.15, 0.2) is 0 Å². The molecule has 2 aromatic carbocycles. The highest BCUT2D eigenvalue weighted by atomic mass is 79.9. The van der Waals surface area contributed by atoms with Crippen LogP contribution in [0.4, 0.5) is 4.39 Å². The Morgan fingerprint density at radius 1 is 1.04 bits per heavy atom. The molecule has 0 saturated heterocycles. The molecule has 0 bridgehead atoms. The highest BCUT2D eigenvalue weighted by Gasteiger charge is 2.15. The summed E-state index contributed by atoms with van der Waals surface area (Å²) in [6, 6.07) is 11.8. The number of rotatable bonds is 8. The lowest BCUT2D eigenvalue weighted by molar-refractivity contribution is 0.214. The summed E-state index contributed by atoms with van der Waals surface area (Å²) in [5.41, 5.74) is 0.898. The fraction of sp³-hybridized carbons (Fsp3) is 0.333. The van der Waals surface area contributed by atoms with Gasteiger partial charge < -0.3 is 9.84 Å². The van der Waals surface area contributed by atoms with Crippen LogP contribution in [-0.4, -0.2) is 17.0 Å². The largest absolute Gasteiger partial charge is 0.493 e. The quantitative estimate of drug-likeness (QED) is 0.422. The van der Waals surface area contributed by atoms with Crippen molar-refractivity contribution in [2.24, 2.45) is 0 Å². The van der Waals surface area contributed by atoms with E-state index in [0.29, 0.717) is 17.9 Å². The lowest BCUT2D eigenvalue weighted by Gasteiger charge is -2.14. The van der Waals surface area contributed by atoms with Gasteiger partial charge in [-0.25, -0.2) is 4.39 Å². The zero-order valence-electron chi connectivity index (χ0n) is 12.6. The van der Waals surface area contributed by atoms with Gasteiger partial charge in [0.25, 0.3) is 0 Å². The predicted octanol–water partition coefficient (Wildman–Crippen LogP) is 5.61. The van der Waals surface area contributed by atoms with Crippen LogP contribution in [0.25, 0.3) is 0 Å². The standard InChI is InChI=1S/C18H19Br2FO2/c19-10-2-1-3-11-23-15-8-9-16(17(21)12-15)18(22)13-4-6-14(20)7-5-13/h4-9,12,18,22H,1-3,10-11H2. The molecule has 0 aromatic heterocycles. The first-order valence-corrected chi connectivity index (χ1v) is 9.45. The molecule has 1 N–H and O–H groups in total. The molecule has 0 heterocycles. The molecule has 23 heavy (non-hydrogen) atoms. The van der Waals surface area contributed by atoms with Crippen molar-refractivity contribution >= 4 is 31.9 Å². The molecule has 0 radical (unpaired) electrons. The third-order valence-electron chi connectivity index (χ3n) is 3.50. The van der Waals surface area contributed by atoms with Gasteiger partial charge >= 0.3 is 0 Å². The van der Waals surface area contributed by atoms with E-state index in [2.05, 4.69) is 31.9 Å². The molecule has 1 atom stereocenters. The van der Waals surface area contributed by atoms with Gasteiger partial charge in [0.2, 0.25) is 0 Å². The second kappa shape index (κ2) is 9.40. The normalized spacial score (nSPS) is 12.2. The third-order valence-corrected chi connectivity index (χ3v) is 4.59. The second-order valence-corrected chi connectivity index (χ2v) is 6.94. The summed E-state index contributed by atoms with van der Waals surface area (Å²) in [7, 11) is 0. The molecular formula is C18H19Br2FO2. The SMILES string of the molecule is OC(c1ccc(Br)cc1)c1ccc(OCCCCCBr)cc1F. The summed E-state index contributed by atoms with van der Waals surface area (Å²) in [5, 5.41) is 11.3. The molecule has 0 aliphatic rings. The van der Waals surface area contributed by atoms with Crippen molar-refractivity contribution in [2.75, 3.05) is 11.9 Å². The number of aliphatic hydroxyl groups is 1. The van der Waals surface area contributed by atoms with Crippen molar-refractivity contribution in [2.45, 2.75) is 25.4 Å². The Labute approximate surface area is 152 Å². The third kappa shape index (κ3) is 5.59. The summed E-state index contributed by atoms with van der Waals surface area (Å²) in [6.07, 6.45) is 2.14. The van der Waals surface area contributed by atoms with Crippen molar-refractivity contribution in [1.82, 2.24) is 0 Å². The first kappa shape index (κ1) is 18.4. The number of hydrogen-bond acceptors (Lipinski definition) is 2. The summed E-state index contributed by atoms with van der Waals surface area (Å²) in [5.74, 6) is 0.0338. The molecule has 2 rings (SSSR count). The average Bonchev–Trinajstić information content (AvgIpc) is 2.55. The molecule has 0 amide bonds. The van der Waals surface area contributed by atoms with Gasteiger partial charge in [-0.3, -0.25) is 0 Å². The molecule has 0 saturated carbocycles. The maximum atomic E-state index is 14.2. The second-order valence-electron chi connectivity index (χ2n) is 5.24. The van der Waals surface area contributed by atoms with Gasteiger partial charge in [0.1, 0.15) is 17.7 Å². The Morgan fingerprint density at radius 2 is 1.78 bits per heavy atom. The summed E-state index contributed by atoms with van der Waals surface area (Å²) >= 11 is 6.72. The molecule has 0 aliphatic carbocycles. The molecule has 5 heteroatoms. The number of alkyl halides is 1. The van der Waals surface area contributed by atoms with Crippen LogP contribution < -0.4 is 4.74 Å². The van der Waals surface area contributed by atoms with Crippen LogP contribution in [0.15, 0.2) is 46.9 Å². The lowest BCUT2D eigenvalue weighted by atomic mass is 10.0. The Kier molecular flexibility index (Phi) is 7.53. The lowest BCUT2D eigenvalue weighted by Crippen LogP contribution is -2.04. The van der Waals surface area contributed by atoms with Crippen LogP contribution in [0.2, 0.25) is 0 Å². The van der Waals surface area contributed by atoms with Crippen LogP contribution >= 0.6 is 31.9 Å². The topological polar surface area (TPSA) is 29.5 Å². The number of halogens is 3. The van der Waals surface area contributed by atoms with E-state index in [-0.39, 0.29) is 5.56 Å². The van der Waals surface area contributed by atoms with Gasteiger partial charge in [-0.2, -0.15) is 0 Å². The van der Waals surface area contributed by atoms with Crippen molar-refractivity contribution in [3.8, 4) is 5.75 Å². The minimum atomic E-state index is -0.990. The van der Waals surface area contributed by atoms with Crippen molar-refractivity contribution in [1.29, 1.82) is 0 Å². The van der Waals surface area contributed by atoms with Crippen molar-refractivity contribution in [3.05, 3.63) is 63.9 Å². The van der Waals surface area contributed by atoms with Crippen LogP contribution in [0.5, 0.6) is 5.75 Å². The van der Waals surface area contributed by atoms with E-state index >= 15 is 0 Å². The Balaban J connectivity index is 1.99. The maximum absolute atomic E-state index is 14.2. The fourth-order valence-corrected chi connectivity index (χ4v) is 2.87. The van der Waals surface area contributed by atoms with Gasteiger partial charge in [0, 0.05) is 21.4 Å². The highest BCUT2D eigenvalue weighted by molar-refractivity contribution is 9.10. The van der Waals surface area contributed by atoms with Crippen LogP contribution in [0, 0.1) is 5.82 Å². The van der Waals surface area contributed by atoms with Gasteiger partial charge in [-0.1, -0.05) is 44.0 Å². The fourth-order valence-electron chi connectivity index (χ4n) is 2.21. The molecular weight excluding hydrogens is 427 g/mol. The van der Waals surface area contributed by atoms with Crippen molar-refractivity contribution in [3.63, 3.8) is 0 Å². The maximum Gasteiger partial charge on any atom is 0.133 e. The molecule has 2 nitrogen and oxygen atoms in total. The first-order valence-electron chi connectivity index (χ1n) is 7.53. The first-order chi connectivity index (χ1) is 11.1. The summed E-state index contributed by atoms with van der Waals surface area (Å²) < 4.78 is 20.7. The highest BCUT2D eigenvalue weighted by Crippen LogP contribution is 2.28. The minimum Gasteiger partial charge on any atom is -0.493 e. The van der Waals surface area contributed by atoms with Gasteiger partial charge in [-0.15, -0.1) is 0 Å². The van der Waals surface area contributed by atoms with Crippen molar-refractivity contribution < 1.29 is 14.2 Å². The molecule has 0 spiro atoms. The average molecular weight is 446 g/mol. The Bertz CT molecular complexity index is 617. The predicted molar refractivity (Wildman–Crippen MR) is 97.7 cm³/mol. The van der Waals surface area contributed by atoms with Gasteiger partial charge in [0.05, 0.1) is 6.61 Å². The van der Waals surface area contributed by atoms with E-state index in [1.54, 1.807) is 24.3 Å². The number of ether oxygens (including phenoxy) is 1. The van der Waals surface area contributed by atoms with Crippen LogP contribution in [0.3, 0.4) is 0 Å². The molecule has 2 aromatic rings. The van der Waals surface area contributed by atoms with Gasteiger partial charge in [-0.05, 0) is 49.1 Å². The number of aliphatic hydroxyl groups excluding tert-OH is 1. The van der Waals surface area contributed by atoms with Crippen LogP contribution in [-0.2, 0) is 0 Å². The monoisotopic (exact) mass is 444 g/mol.